The van der Waals surface area contributed by atoms with Gasteiger partial charge in [-0.2, -0.15) is 0 Å². The first-order valence-corrected chi connectivity index (χ1v) is 12.5. The lowest BCUT2D eigenvalue weighted by Gasteiger charge is -2.28. The van der Waals surface area contributed by atoms with Crippen molar-refractivity contribution in [3.63, 3.8) is 0 Å². The van der Waals surface area contributed by atoms with Crippen LogP contribution in [0.25, 0.3) is 10.8 Å². The molecule has 13 heteroatoms. The minimum Gasteiger partial charge on any atom is -0.496 e. The molecule has 0 bridgehead atoms. The summed E-state index contributed by atoms with van der Waals surface area (Å²) in [5.41, 5.74) is 6.82. The van der Waals surface area contributed by atoms with E-state index in [9.17, 15) is 23.5 Å². The molecule has 0 spiro atoms. The molecule has 37 heavy (non-hydrogen) atoms. The summed E-state index contributed by atoms with van der Waals surface area (Å²) in [7, 11) is 5.09. The van der Waals surface area contributed by atoms with E-state index in [1.54, 1.807) is 41.4 Å². The lowest BCUT2D eigenvalue weighted by atomic mass is 10.00. The van der Waals surface area contributed by atoms with Crippen LogP contribution < -0.4 is 19.7 Å². The molecule has 3 heterocycles. The van der Waals surface area contributed by atoms with E-state index >= 15 is 0 Å². The number of nitrogens with two attached hydrogens (primary N) is 1. The van der Waals surface area contributed by atoms with Gasteiger partial charge in [-0.25, -0.2) is 19.0 Å². The van der Waals surface area contributed by atoms with Crippen molar-refractivity contribution >= 4 is 51.2 Å². The number of fused-ring (bicyclic) bond motifs is 1. The van der Waals surface area contributed by atoms with Gasteiger partial charge in [-0.15, -0.1) is 0 Å². The van der Waals surface area contributed by atoms with E-state index < -0.39 is 35.2 Å². The smallest absolute Gasteiger partial charge is 0.326 e. The number of likely N-dealkylation sites (tertiary alicyclic amines) is 1. The van der Waals surface area contributed by atoms with Crippen LogP contribution in [0, 0.1) is 0 Å². The summed E-state index contributed by atoms with van der Waals surface area (Å²) in [6.45, 7) is 0.101. The minimum atomic E-state index is -2.54. The van der Waals surface area contributed by atoms with Crippen LogP contribution in [0.2, 0.25) is 0 Å². The molecule has 1 aromatic carbocycles. The Morgan fingerprint density at radius 3 is 2.65 bits per heavy atom. The summed E-state index contributed by atoms with van der Waals surface area (Å²) >= 11 is -2.54. The standard InChI is InChI=1S/C24H28N6O6S/c1-28(2)21-5-4-16(13-27-21)30(37(34)35)18-7-9-29(23(18)31)19(24(32)33)11-15-10-14-6-8-26-22(25)17(14)12-20(15)36-3/h4-6,8,10,12-13,18-19H,7,9,11H2,1-3H3,(H2,25,26)(H,32,33)(H,34,35)/t18-,19+/m0/s1. The van der Waals surface area contributed by atoms with Gasteiger partial charge in [0.15, 0.2) is 0 Å². The molecule has 0 radical (unpaired) electrons. The van der Waals surface area contributed by atoms with E-state index in [-0.39, 0.29) is 25.1 Å². The number of aliphatic carboxylic acids is 1. The second-order valence-corrected chi connectivity index (χ2v) is 9.66. The zero-order valence-electron chi connectivity index (χ0n) is 20.6. The zero-order chi connectivity index (χ0) is 26.9. The molecule has 4 N–H and O–H groups in total. The Morgan fingerprint density at radius 2 is 2.05 bits per heavy atom. The number of ether oxygens (including phenoxy) is 1. The van der Waals surface area contributed by atoms with E-state index in [0.717, 1.165) is 9.69 Å². The number of hydrogen-bond acceptors (Lipinski definition) is 8. The molecule has 4 rings (SSSR count). The Kier molecular flexibility index (Phi) is 7.45. The highest BCUT2D eigenvalue weighted by molar-refractivity contribution is 7.80. The third-order valence-electron chi connectivity index (χ3n) is 6.38. The van der Waals surface area contributed by atoms with Crippen LogP contribution in [0.4, 0.5) is 17.3 Å². The van der Waals surface area contributed by atoms with Crippen LogP contribution >= 0.6 is 0 Å². The molecular formula is C24H28N6O6S. The van der Waals surface area contributed by atoms with Crippen molar-refractivity contribution in [3.05, 3.63) is 48.3 Å². The SMILES string of the molecule is COc1cc2c(N)nccc2cc1C[C@H](C(=O)O)N1CC[C@H](N(c2ccc(N(C)C)nc2)S(=O)O)C1=O. The van der Waals surface area contributed by atoms with E-state index in [1.165, 1.54) is 18.2 Å². The molecule has 1 saturated heterocycles. The van der Waals surface area contributed by atoms with E-state index in [1.807, 2.05) is 14.1 Å². The fourth-order valence-corrected chi connectivity index (χ4v) is 5.23. The van der Waals surface area contributed by atoms with Crippen molar-refractivity contribution in [3.8, 4) is 5.75 Å². The number of carboxylic acid groups (broad SMARTS) is 1. The van der Waals surface area contributed by atoms with Crippen LogP contribution in [0.3, 0.4) is 0 Å². The third-order valence-corrected chi connectivity index (χ3v) is 7.18. The monoisotopic (exact) mass is 528 g/mol. The highest BCUT2D eigenvalue weighted by Gasteiger charge is 2.43. The molecule has 1 unspecified atom stereocenters. The van der Waals surface area contributed by atoms with E-state index in [0.29, 0.717) is 28.3 Å². The second-order valence-electron chi connectivity index (χ2n) is 8.80. The average Bonchev–Trinajstić information content (AvgIpc) is 3.22. The zero-order valence-corrected chi connectivity index (χ0v) is 21.4. The molecule has 1 aliphatic rings. The molecule has 3 aromatic rings. The molecule has 12 nitrogen and oxygen atoms in total. The number of carbonyl (C=O) groups is 2. The molecule has 0 saturated carbocycles. The summed E-state index contributed by atoms with van der Waals surface area (Å²) in [5, 5.41) is 11.5. The molecule has 3 atom stereocenters. The Bertz CT molecular complexity index is 1350. The predicted octanol–water partition coefficient (Wildman–Crippen LogP) is 1.53. The number of methoxy groups -OCH3 is 1. The number of anilines is 3. The lowest BCUT2D eigenvalue weighted by Crippen LogP contribution is -2.48. The molecular weight excluding hydrogens is 500 g/mol. The van der Waals surface area contributed by atoms with Crippen LogP contribution in [0.1, 0.15) is 12.0 Å². The van der Waals surface area contributed by atoms with E-state index in [4.69, 9.17) is 10.5 Å². The first kappa shape index (κ1) is 26.1. The Balaban J connectivity index is 1.62. The van der Waals surface area contributed by atoms with Crippen LogP contribution in [-0.2, 0) is 27.3 Å². The number of amides is 1. The van der Waals surface area contributed by atoms with Crippen molar-refractivity contribution in [2.75, 3.05) is 42.7 Å². The van der Waals surface area contributed by atoms with Crippen LogP contribution in [0.15, 0.2) is 42.7 Å². The highest BCUT2D eigenvalue weighted by Crippen LogP contribution is 2.32. The number of hydrogen-bond donors (Lipinski definition) is 3. The second kappa shape index (κ2) is 10.6. The van der Waals surface area contributed by atoms with Crippen molar-refractivity contribution in [1.29, 1.82) is 0 Å². The Labute approximate surface area is 216 Å². The van der Waals surface area contributed by atoms with Crippen LogP contribution in [-0.4, -0.2) is 80.4 Å². The summed E-state index contributed by atoms with van der Waals surface area (Å²) in [6, 6.07) is 6.25. The van der Waals surface area contributed by atoms with Gasteiger partial charge >= 0.3 is 5.97 Å². The summed E-state index contributed by atoms with van der Waals surface area (Å²) in [5.74, 6) is -0.370. The molecule has 1 amide bonds. The lowest BCUT2D eigenvalue weighted by molar-refractivity contribution is -0.148. The largest absolute Gasteiger partial charge is 0.496 e. The average molecular weight is 529 g/mol. The maximum Gasteiger partial charge on any atom is 0.326 e. The fourth-order valence-electron chi connectivity index (χ4n) is 4.53. The van der Waals surface area contributed by atoms with Crippen molar-refractivity contribution < 1.29 is 28.2 Å². The van der Waals surface area contributed by atoms with Gasteiger partial charge in [0.05, 0.1) is 19.0 Å². The van der Waals surface area contributed by atoms with Crippen molar-refractivity contribution in [2.24, 2.45) is 0 Å². The topological polar surface area (TPSA) is 162 Å². The number of rotatable bonds is 9. The van der Waals surface area contributed by atoms with Gasteiger partial charge in [0.1, 0.15) is 29.5 Å². The number of nitrogens with zero attached hydrogens (tertiary/aromatic N) is 5. The normalized spacial score (nSPS) is 17.0. The van der Waals surface area contributed by atoms with Crippen molar-refractivity contribution in [1.82, 2.24) is 14.9 Å². The molecule has 196 valence electrons. The van der Waals surface area contributed by atoms with Gasteiger partial charge in [-0.3, -0.25) is 13.7 Å². The highest BCUT2D eigenvalue weighted by atomic mass is 32.2. The minimum absolute atomic E-state index is 0.0313. The fraction of sp³-hybridized carbons (Fsp3) is 0.333. The predicted molar refractivity (Wildman–Crippen MR) is 140 cm³/mol. The molecule has 1 aliphatic heterocycles. The molecule has 1 fully saturated rings. The van der Waals surface area contributed by atoms with Gasteiger partial charge in [0.2, 0.25) is 5.91 Å². The maximum atomic E-state index is 13.4. The van der Waals surface area contributed by atoms with Gasteiger partial charge in [-0.05, 0) is 47.7 Å². The van der Waals surface area contributed by atoms with Gasteiger partial charge in [0.25, 0.3) is 11.3 Å². The molecule has 2 aromatic heterocycles. The number of pyridine rings is 2. The Hall–Kier alpha value is -3.97. The number of benzene rings is 1. The number of carboxylic acids is 1. The van der Waals surface area contributed by atoms with Crippen molar-refractivity contribution in [2.45, 2.75) is 24.9 Å². The van der Waals surface area contributed by atoms with Crippen LogP contribution in [0.5, 0.6) is 5.75 Å². The quantitative estimate of drug-likeness (QED) is 0.347. The van der Waals surface area contributed by atoms with Gasteiger partial charge in [-0.1, -0.05) is 0 Å². The Morgan fingerprint density at radius 1 is 1.30 bits per heavy atom. The first-order valence-electron chi connectivity index (χ1n) is 11.4. The van der Waals surface area contributed by atoms with Gasteiger partial charge < -0.3 is 25.4 Å². The maximum absolute atomic E-state index is 13.4. The summed E-state index contributed by atoms with van der Waals surface area (Å²) in [4.78, 5) is 37.1. The summed E-state index contributed by atoms with van der Waals surface area (Å²) < 4.78 is 28.8. The van der Waals surface area contributed by atoms with Gasteiger partial charge in [0, 0.05) is 38.6 Å². The first-order chi connectivity index (χ1) is 17.6. The number of nitrogen functional groups attached to an aromatic ring is 1. The summed E-state index contributed by atoms with van der Waals surface area (Å²) in [6.07, 6.45) is 3.10. The molecule has 0 aliphatic carbocycles. The third kappa shape index (κ3) is 5.13. The van der Waals surface area contributed by atoms with E-state index in [2.05, 4.69) is 9.97 Å². The number of aromatic nitrogens is 2. The number of carbonyl (C=O) groups excluding carboxylic acids is 1.